The van der Waals surface area contributed by atoms with Crippen molar-refractivity contribution in [3.63, 3.8) is 0 Å². The van der Waals surface area contributed by atoms with E-state index in [9.17, 15) is 14.9 Å². The number of carbonyl (C=O) groups excluding carboxylic acids is 1. The molecule has 4 rings (SSSR count). The van der Waals surface area contributed by atoms with Crippen LogP contribution in [-0.2, 0) is 0 Å². The number of furan rings is 1. The van der Waals surface area contributed by atoms with E-state index >= 15 is 0 Å². The van der Waals surface area contributed by atoms with Crippen molar-refractivity contribution in [2.24, 2.45) is 0 Å². The van der Waals surface area contributed by atoms with Crippen LogP contribution in [0.4, 0.5) is 5.88 Å². The summed E-state index contributed by atoms with van der Waals surface area (Å²) in [6.07, 6.45) is 1.67. The van der Waals surface area contributed by atoms with Gasteiger partial charge in [-0.1, -0.05) is 12.1 Å². The number of piperidine rings is 1. The SMILES string of the molecule is O=C(c1ccc([N+](=O)[O-])o1)N1CCC[C@@H](c2nc3ccccc3o2)C1. The lowest BCUT2D eigenvalue weighted by atomic mass is 9.98. The van der Waals surface area contributed by atoms with Crippen LogP contribution >= 0.6 is 0 Å². The van der Waals surface area contributed by atoms with E-state index in [0.717, 1.165) is 23.9 Å². The van der Waals surface area contributed by atoms with E-state index in [0.29, 0.717) is 19.0 Å². The first kappa shape index (κ1) is 15.4. The Kier molecular flexibility index (Phi) is 3.72. The van der Waals surface area contributed by atoms with Crippen LogP contribution in [0.5, 0.6) is 0 Å². The molecule has 25 heavy (non-hydrogen) atoms. The molecule has 128 valence electrons. The molecule has 0 unspecified atom stereocenters. The summed E-state index contributed by atoms with van der Waals surface area (Å²) >= 11 is 0. The van der Waals surface area contributed by atoms with Crippen LogP contribution in [0.25, 0.3) is 11.1 Å². The van der Waals surface area contributed by atoms with Gasteiger partial charge >= 0.3 is 5.88 Å². The van der Waals surface area contributed by atoms with Crippen molar-refractivity contribution in [3.8, 4) is 0 Å². The Morgan fingerprint density at radius 2 is 2.08 bits per heavy atom. The van der Waals surface area contributed by atoms with Gasteiger partial charge in [0.25, 0.3) is 5.91 Å². The number of hydrogen-bond acceptors (Lipinski definition) is 6. The van der Waals surface area contributed by atoms with Gasteiger partial charge in [0, 0.05) is 13.1 Å². The van der Waals surface area contributed by atoms with Crippen molar-refractivity contribution >= 4 is 22.9 Å². The molecule has 1 atom stereocenters. The summed E-state index contributed by atoms with van der Waals surface area (Å²) in [5.41, 5.74) is 1.52. The molecule has 1 aliphatic heterocycles. The summed E-state index contributed by atoms with van der Waals surface area (Å²) in [6, 6.07) is 10.1. The Balaban J connectivity index is 1.53. The monoisotopic (exact) mass is 341 g/mol. The second kappa shape index (κ2) is 6.04. The van der Waals surface area contributed by atoms with E-state index in [2.05, 4.69) is 4.98 Å². The number of rotatable bonds is 3. The fraction of sp³-hybridized carbons (Fsp3) is 0.294. The maximum Gasteiger partial charge on any atom is 0.433 e. The van der Waals surface area contributed by atoms with Crippen LogP contribution in [0, 0.1) is 10.1 Å². The summed E-state index contributed by atoms with van der Waals surface area (Å²) in [7, 11) is 0. The number of amides is 1. The van der Waals surface area contributed by atoms with Gasteiger partial charge in [0.2, 0.25) is 0 Å². The normalized spacial score (nSPS) is 17.8. The number of oxazole rings is 1. The van der Waals surface area contributed by atoms with Gasteiger partial charge in [-0.05, 0) is 31.0 Å². The zero-order valence-electron chi connectivity index (χ0n) is 13.3. The lowest BCUT2D eigenvalue weighted by Crippen LogP contribution is -2.39. The molecule has 8 nitrogen and oxygen atoms in total. The summed E-state index contributed by atoms with van der Waals surface area (Å²) in [5.74, 6) is -0.200. The third-order valence-electron chi connectivity index (χ3n) is 4.35. The maximum atomic E-state index is 12.5. The third-order valence-corrected chi connectivity index (χ3v) is 4.35. The Labute approximate surface area is 142 Å². The fourth-order valence-corrected chi connectivity index (χ4v) is 3.12. The number of carbonyl (C=O) groups is 1. The van der Waals surface area contributed by atoms with Crippen LogP contribution in [0.3, 0.4) is 0 Å². The van der Waals surface area contributed by atoms with Crippen molar-refractivity contribution < 1.29 is 18.6 Å². The largest absolute Gasteiger partial charge is 0.440 e. The molecule has 1 aromatic carbocycles. The van der Waals surface area contributed by atoms with E-state index in [1.165, 1.54) is 12.1 Å². The predicted molar refractivity (Wildman–Crippen MR) is 87.2 cm³/mol. The van der Waals surface area contributed by atoms with Gasteiger partial charge in [-0.25, -0.2) is 4.98 Å². The van der Waals surface area contributed by atoms with Crippen molar-refractivity contribution in [2.75, 3.05) is 13.1 Å². The highest BCUT2D eigenvalue weighted by molar-refractivity contribution is 5.91. The van der Waals surface area contributed by atoms with Crippen molar-refractivity contribution in [2.45, 2.75) is 18.8 Å². The predicted octanol–water partition coefficient (Wildman–Crippen LogP) is 3.35. The Morgan fingerprint density at radius 1 is 1.24 bits per heavy atom. The minimum atomic E-state index is -0.659. The molecular formula is C17H15N3O5. The van der Waals surface area contributed by atoms with Gasteiger partial charge in [0.05, 0.1) is 12.0 Å². The lowest BCUT2D eigenvalue weighted by Gasteiger charge is -2.30. The fourth-order valence-electron chi connectivity index (χ4n) is 3.12. The number of nitro groups is 1. The lowest BCUT2D eigenvalue weighted by molar-refractivity contribution is -0.402. The molecule has 8 heteroatoms. The first-order valence-corrected chi connectivity index (χ1v) is 8.01. The molecule has 0 bridgehead atoms. The second-order valence-corrected chi connectivity index (χ2v) is 6.01. The Hall–Kier alpha value is -3.16. The summed E-state index contributed by atoms with van der Waals surface area (Å²) in [4.78, 5) is 28.7. The smallest absolute Gasteiger partial charge is 0.433 e. The van der Waals surface area contributed by atoms with Gasteiger partial charge in [-0.2, -0.15) is 0 Å². The average Bonchev–Trinajstić information content (AvgIpc) is 3.28. The van der Waals surface area contributed by atoms with E-state index in [1.54, 1.807) is 4.90 Å². The van der Waals surface area contributed by atoms with E-state index in [-0.39, 0.29) is 17.6 Å². The maximum absolute atomic E-state index is 12.5. The van der Waals surface area contributed by atoms with Crippen LogP contribution in [-0.4, -0.2) is 33.8 Å². The molecule has 2 aromatic heterocycles. The number of benzene rings is 1. The molecule has 1 aliphatic rings. The van der Waals surface area contributed by atoms with Crippen LogP contribution in [0.15, 0.2) is 45.2 Å². The van der Waals surface area contributed by atoms with Gasteiger partial charge < -0.3 is 13.7 Å². The van der Waals surface area contributed by atoms with Crippen LogP contribution in [0.1, 0.15) is 35.2 Å². The molecule has 1 saturated heterocycles. The van der Waals surface area contributed by atoms with Crippen molar-refractivity contribution in [3.05, 3.63) is 58.2 Å². The van der Waals surface area contributed by atoms with Crippen LogP contribution < -0.4 is 0 Å². The van der Waals surface area contributed by atoms with E-state index < -0.39 is 10.8 Å². The first-order valence-electron chi connectivity index (χ1n) is 8.01. The number of aromatic nitrogens is 1. The zero-order valence-corrected chi connectivity index (χ0v) is 13.3. The number of likely N-dealkylation sites (tertiary alicyclic amines) is 1. The molecule has 1 amide bonds. The van der Waals surface area contributed by atoms with E-state index in [1.807, 2.05) is 24.3 Å². The molecule has 0 radical (unpaired) electrons. The highest BCUT2D eigenvalue weighted by atomic mass is 16.6. The molecule has 0 aliphatic carbocycles. The molecular weight excluding hydrogens is 326 g/mol. The Bertz CT molecular complexity index is 912. The summed E-state index contributed by atoms with van der Waals surface area (Å²) in [5, 5.41) is 10.7. The van der Waals surface area contributed by atoms with Crippen molar-refractivity contribution in [1.82, 2.24) is 9.88 Å². The average molecular weight is 341 g/mol. The zero-order chi connectivity index (χ0) is 17.4. The molecule has 0 spiro atoms. The molecule has 0 N–H and O–H groups in total. The summed E-state index contributed by atoms with van der Waals surface area (Å²) < 4.78 is 10.8. The quantitative estimate of drug-likeness (QED) is 0.534. The van der Waals surface area contributed by atoms with Gasteiger partial charge in [-0.3, -0.25) is 14.9 Å². The Morgan fingerprint density at radius 3 is 2.84 bits per heavy atom. The number of fused-ring (bicyclic) bond motifs is 1. The molecule has 3 aromatic rings. The van der Waals surface area contributed by atoms with Crippen LogP contribution in [0.2, 0.25) is 0 Å². The van der Waals surface area contributed by atoms with Gasteiger partial charge in [0.1, 0.15) is 10.4 Å². The number of hydrogen-bond donors (Lipinski definition) is 0. The minimum absolute atomic E-state index is 0.00459. The van der Waals surface area contributed by atoms with E-state index in [4.69, 9.17) is 8.83 Å². The van der Waals surface area contributed by atoms with Gasteiger partial charge in [0.15, 0.2) is 17.2 Å². The molecule has 3 heterocycles. The first-order chi connectivity index (χ1) is 12.1. The second-order valence-electron chi connectivity index (χ2n) is 6.01. The topological polar surface area (TPSA) is 103 Å². The molecule has 1 fully saturated rings. The minimum Gasteiger partial charge on any atom is -0.440 e. The summed E-state index contributed by atoms with van der Waals surface area (Å²) in [6.45, 7) is 1.02. The standard InChI is InChI=1S/C17H15N3O5/c21-17(14-7-8-15(24-14)20(22)23)19-9-3-4-11(10-19)16-18-12-5-1-2-6-13(12)25-16/h1-2,5-8,11H,3-4,9-10H2/t11-/m1/s1. The van der Waals surface area contributed by atoms with Gasteiger partial charge in [-0.15, -0.1) is 0 Å². The number of para-hydroxylation sites is 2. The third kappa shape index (κ3) is 2.86. The van der Waals surface area contributed by atoms with Crippen molar-refractivity contribution in [1.29, 1.82) is 0 Å². The highest BCUT2D eigenvalue weighted by Crippen LogP contribution is 2.30. The highest BCUT2D eigenvalue weighted by Gasteiger charge is 2.30. The molecule has 0 saturated carbocycles. The number of nitrogens with zero attached hydrogens (tertiary/aromatic N) is 3.